The topological polar surface area (TPSA) is 67.2 Å². The Kier molecular flexibility index (Phi) is 4.76. The van der Waals surface area contributed by atoms with Gasteiger partial charge in [-0.25, -0.2) is 0 Å². The molecule has 90 valence electrons. The van der Waals surface area contributed by atoms with E-state index in [-0.39, 0.29) is 24.2 Å². The summed E-state index contributed by atoms with van der Waals surface area (Å²) in [6, 6.07) is 1.83. The lowest BCUT2D eigenvalue weighted by Gasteiger charge is -2.07. The Morgan fingerprint density at radius 1 is 1.75 bits per heavy atom. The van der Waals surface area contributed by atoms with Crippen LogP contribution in [0.5, 0.6) is 0 Å². The van der Waals surface area contributed by atoms with E-state index in [1.165, 1.54) is 0 Å². The highest BCUT2D eigenvalue weighted by atomic mass is 35.5. The third-order valence-corrected chi connectivity index (χ3v) is 2.54. The highest BCUT2D eigenvalue weighted by Crippen LogP contribution is 2.08. The summed E-state index contributed by atoms with van der Waals surface area (Å²) in [6.45, 7) is 3.99. The molecule has 1 fully saturated rings. The predicted octanol–water partition coefficient (Wildman–Crippen LogP) is 0.631. The number of aromatic nitrogens is 1. The lowest BCUT2D eigenvalue weighted by atomic mass is 10.1. The fraction of sp³-hybridized carbons (Fsp3) is 0.600. The number of aryl methyl sites for hydroxylation is 1. The van der Waals surface area contributed by atoms with Crippen LogP contribution in [0.4, 0.5) is 0 Å². The van der Waals surface area contributed by atoms with Gasteiger partial charge in [0.15, 0.2) is 5.76 Å². The molecule has 16 heavy (non-hydrogen) atoms. The van der Waals surface area contributed by atoms with Gasteiger partial charge in [-0.2, -0.15) is 0 Å². The minimum Gasteiger partial charge on any atom is -0.359 e. The molecule has 0 unspecified atom stereocenters. The van der Waals surface area contributed by atoms with E-state index in [2.05, 4.69) is 15.8 Å². The average Bonchev–Trinajstić information content (AvgIpc) is 2.84. The van der Waals surface area contributed by atoms with Crippen LogP contribution in [0.15, 0.2) is 10.6 Å². The number of carbonyl (C=O) groups excluding carboxylic acids is 1. The van der Waals surface area contributed by atoms with Crippen molar-refractivity contribution >= 4 is 18.3 Å². The Morgan fingerprint density at radius 2 is 2.56 bits per heavy atom. The van der Waals surface area contributed by atoms with Crippen LogP contribution in [0.25, 0.3) is 0 Å². The lowest BCUT2D eigenvalue weighted by molar-refractivity contribution is -0.124. The first-order chi connectivity index (χ1) is 7.25. The van der Waals surface area contributed by atoms with Crippen molar-refractivity contribution in [3.63, 3.8) is 0 Å². The van der Waals surface area contributed by atoms with Gasteiger partial charge < -0.3 is 15.2 Å². The summed E-state index contributed by atoms with van der Waals surface area (Å²) in [6.07, 6.45) is 0.918. The number of nitrogens with one attached hydrogen (secondary N) is 2. The van der Waals surface area contributed by atoms with E-state index < -0.39 is 0 Å². The molecule has 2 N–H and O–H groups in total. The van der Waals surface area contributed by atoms with Crippen LogP contribution in [0.1, 0.15) is 17.9 Å². The molecule has 6 heteroatoms. The summed E-state index contributed by atoms with van der Waals surface area (Å²) in [5, 5.41) is 9.75. The molecule has 0 radical (unpaired) electrons. The van der Waals surface area contributed by atoms with Gasteiger partial charge in [-0.1, -0.05) is 5.16 Å². The van der Waals surface area contributed by atoms with Crippen molar-refractivity contribution in [3.05, 3.63) is 17.5 Å². The zero-order valence-corrected chi connectivity index (χ0v) is 9.97. The Labute approximate surface area is 100 Å². The molecule has 1 saturated heterocycles. The second-order valence-corrected chi connectivity index (χ2v) is 3.84. The van der Waals surface area contributed by atoms with Crippen molar-refractivity contribution in [2.75, 3.05) is 13.1 Å². The first-order valence-electron chi connectivity index (χ1n) is 5.16. The Bertz CT molecular complexity index is 348. The molecule has 0 aliphatic carbocycles. The van der Waals surface area contributed by atoms with Crippen LogP contribution in [0, 0.1) is 12.8 Å². The van der Waals surface area contributed by atoms with Crippen LogP contribution in [-0.2, 0) is 11.3 Å². The lowest BCUT2D eigenvalue weighted by Crippen LogP contribution is -2.31. The largest absolute Gasteiger partial charge is 0.359 e. The van der Waals surface area contributed by atoms with Gasteiger partial charge in [0.25, 0.3) is 0 Å². The highest BCUT2D eigenvalue weighted by Gasteiger charge is 2.22. The molecule has 5 nitrogen and oxygen atoms in total. The molecule has 0 saturated carbocycles. The Balaban J connectivity index is 0.00000128. The Hall–Kier alpha value is -1.07. The quantitative estimate of drug-likeness (QED) is 0.820. The first-order valence-corrected chi connectivity index (χ1v) is 5.16. The van der Waals surface area contributed by atoms with Crippen LogP contribution in [0.3, 0.4) is 0 Å². The van der Waals surface area contributed by atoms with Crippen molar-refractivity contribution in [2.24, 2.45) is 5.92 Å². The monoisotopic (exact) mass is 245 g/mol. The molecule has 0 bridgehead atoms. The van der Waals surface area contributed by atoms with Gasteiger partial charge in [-0.3, -0.25) is 4.79 Å². The first kappa shape index (κ1) is 13.0. The number of amides is 1. The number of rotatable bonds is 3. The average molecular weight is 246 g/mol. The number of halogens is 1. The van der Waals surface area contributed by atoms with E-state index in [4.69, 9.17) is 4.52 Å². The van der Waals surface area contributed by atoms with Crippen molar-refractivity contribution in [1.82, 2.24) is 15.8 Å². The third-order valence-electron chi connectivity index (χ3n) is 2.54. The molecular formula is C10H16ClN3O2. The van der Waals surface area contributed by atoms with Gasteiger partial charge >= 0.3 is 0 Å². The number of nitrogens with zero attached hydrogens (tertiary/aromatic N) is 1. The summed E-state index contributed by atoms with van der Waals surface area (Å²) in [5.74, 6) is 0.898. The maximum absolute atomic E-state index is 11.6. The molecule has 1 atom stereocenters. The highest BCUT2D eigenvalue weighted by molar-refractivity contribution is 5.85. The summed E-state index contributed by atoms with van der Waals surface area (Å²) in [5.41, 5.74) is 0.835. The van der Waals surface area contributed by atoms with E-state index in [9.17, 15) is 4.79 Å². The van der Waals surface area contributed by atoms with E-state index in [1.54, 1.807) is 0 Å². The fourth-order valence-corrected chi connectivity index (χ4v) is 1.70. The van der Waals surface area contributed by atoms with Gasteiger partial charge in [-0.15, -0.1) is 12.4 Å². The summed E-state index contributed by atoms with van der Waals surface area (Å²) >= 11 is 0. The summed E-state index contributed by atoms with van der Waals surface area (Å²) < 4.78 is 5.00. The molecule has 2 rings (SSSR count). The van der Waals surface area contributed by atoms with Crippen LogP contribution in [-0.4, -0.2) is 24.2 Å². The molecule has 1 aromatic rings. The zero-order chi connectivity index (χ0) is 10.7. The number of hydrogen-bond acceptors (Lipinski definition) is 4. The molecule has 1 aliphatic heterocycles. The predicted molar refractivity (Wildman–Crippen MR) is 61.3 cm³/mol. The number of hydrogen-bond donors (Lipinski definition) is 2. The maximum atomic E-state index is 11.6. The van der Waals surface area contributed by atoms with Gasteiger partial charge in [0, 0.05) is 12.6 Å². The minimum atomic E-state index is 0. The molecular weight excluding hydrogens is 230 g/mol. The zero-order valence-electron chi connectivity index (χ0n) is 9.16. The van der Waals surface area contributed by atoms with Crippen molar-refractivity contribution < 1.29 is 9.32 Å². The van der Waals surface area contributed by atoms with Gasteiger partial charge in [0.2, 0.25) is 5.91 Å². The molecule has 0 spiro atoms. The fourth-order valence-electron chi connectivity index (χ4n) is 1.70. The van der Waals surface area contributed by atoms with Crippen molar-refractivity contribution in [1.29, 1.82) is 0 Å². The molecule has 1 aliphatic rings. The van der Waals surface area contributed by atoms with E-state index in [0.717, 1.165) is 25.2 Å². The van der Waals surface area contributed by atoms with Crippen LogP contribution in [0.2, 0.25) is 0 Å². The SMILES string of the molecule is Cc1cc(CNC(=O)[C@H]2CCNC2)on1.Cl. The summed E-state index contributed by atoms with van der Waals surface area (Å²) in [7, 11) is 0. The molecule has 0 aromatic carbocycles. The van der Waals surface area contributed by atoms with Gasteiger partial charge in [-0.05, 0) is 19.9 Å². The second-order valence-electron chi connectivity index (χ2n) is 3.84. The normalized spacial score (nSPS) is 19.2. The molecule has 1 amide bonds. The molecule has 1 aromatic heterocycles. The molecule has 2 heterocycles. The van der Waals surface area contributed by atoms with Crippen molar-refractivity contribution in [3.8, 4) is 0 Å². The van der Waals surface area contributed by atoms with Crippen LogP contribution < -0.4 is 10.6 Å². The van der Waals surface area contributed by atoms with Crippen LogP contribution >= 0.6 is 12.4 Å². The van der Waals surface area contributed by atoms with Gasteiger partial charge in [0.1, 0.15) is 0 Å². The third kappa shape index (κ3) is 3.21. The van der Waals surface area contributed by atoms with E-state index in [0.29, 0.717) is 12.3 Å². The summed E-state index contributed by atoms with van der Waals surface area (Å²) in [4.78, 5) is 11.6. The van der Waals surface area contributed by atoms with Gasteiger partial charge in [0.05, 0.1) is 18.2 Å². The Morgan fingerprint density at radius 3 is 3.12 bits per heavy atom. The smallest absolute Gasteiger partial charge is 0.224 e. The maximum Gasteiger partial charge on any atom is 0.224 e. The van der Waals surface area contributed by atoms with E-state index in [1.807, 2.05) is 13.0 Å². The standard InChI is InChI=1S/C10H15N3O2.ClH/c1-7-4-9(15-13-7)6-12-10(14)8-2-3-11-5-8;/h4,8,11H,2-3,5-6H2,1H3,(H,12,14);1H/t8-;/m0./s1. The number of carbonyl (C=O) groups is 1. The second kappa shape index (κ2) is 5.86. The van der Waals surface area contributed by atoms with Crippen molar-refractivity contribution in [2.45, 2.75) is 19.9 Å². The minimum absolute atomic E-state index is 0. The van der Waals surface area contributed by atoms with E-state index >= 15 is 0 Å².